The molecule has 0 aliphatic carbocycles. The Bertz CT molecular complexity index is 731. The van der Waals surface area contributed by atoms with Crippen molar-refractivity contribution in [2.75, 3.05) is 13.4 Å². The number of nitrogens with one attached hydrogen (secondary N) is 1. The van der Waals surface area contributed by atoms with Crippen molar-refractivity contribution in [3.8, 4) is 5.75 Å². The van der Waals surface area contributed by atoms with Crippen LogP contribution in [0.4, 0.5) is 4.39 Å². The van der Waals surface area contributed by atoms with Crippen molar-refractivity contribution in [1.29, 1.82) is 0 Å². The Hall–Kier alpha value is -2.21. The summed E-state index contributed by atoms with van der Waals surface area (Å²) in [5, 5.41) is 2.80. The van der Waals surface area contributed by atoms with E-state index in [1.54, 1.807) is 43.5 Å². The van der Waals surface area contributed by atoms with Crippen LogP contribution >= 0.6 is 0 Å². The van der Waals surface area contributed by atoms with Gasteiger partial charge >= 0.3 is 0 Å². The van der Waals surface area contributed by atoms with E-state index in [0.717, 1.165) is 0 Å². The number of amides is 1. The minimum atomic E-state index is -1.08. The van der Waals surface area contributed by atoms with Gasteiger partial charge in [0.1, 0.15) is 0 Å². The van der Waals surface area contributed by atoms with Crippen LogP contribution in [0.1, 0.15) is 28.9 Å². The molecule has 2 atom stereocenters. The van der Waals surface area contributed by atoms with Crippen LogP contribution in [0.25, 0.3) is 0 Å². The van der Waals surface area contributed by atoms with Crippen LogP contribution in [0, 0.1) is 5.82 Å². The Labute approximate surface area is 137 Å². The lowest BCUT2D eigenvalue weighted by atomic mass is 10.1. The lowest BCUT2D eigenvalue weighted by Crippen LogP contribution is -2.26. The lowest BCUT2D eigenvalue weighted by molar-refractivity contribution is 0.0939. The topological polar surface area (TPSA) is 55.4 Å². The molecule has 2 aromatic rings. The van der Waals surface area contributed by atoms with E-state index < -0.39 is 16.6 Å². The smallest absolute Gasteiger partial charge is 0.251 e. The number of hydrogen-bond donors (Lipinski definition) is 1. The lowest BCUT2D eigenvalue weighted by Gasteiger charge is -2.15. The van der Waals surface area contributed by atoms with Crippen LogP contribution in [0.3, 0.4) is 0 Å². The number of carbonyl (C=O) groups is 1. The molecule has 0 spiro atoms. The Morgan fingerprint density at radius 1 is 1.22 bits per heavy atom. The standard InChI is InChI=1S/C17H18FNO3S/c1-11(13-6-9-16(22-2)15(18)10-13)19-17(20)12-4-7-14(8-5-12)23(3)21/h4-11H,1-3H3,(H,19,20)/t11-,23-/m1/s1. The van der Waals surface area contributed by atoms with Gasteiger partial charge in [-0.25, -0.2) is 4.39 Å². The highest BCUT2D eigenvalue weighted by Gasteiger charge is 2.13. The van der Waals surface area contributed by atoms with Gasteiger partial charge in [-0.1, -0.05) is 6.07 Å². The normalized spacial score (nSPS) is 13.2. The molecule has 6 heteroatoms. The van der Waals surface area contributed by atoms with Crippen molar-refractivity contribution in [3.05, 3.63) is 59.4 Å². The minimum absolute atomic E-state index is 0.162. The molecule has 2 aromatic carbocycles. The molecule has 4 nitrogen and oxygen atoms in total. The zero-order valence-corrected chi connectivity index (χ0v) is 13.9. The minimum Gasteiger partial charge on any atom is -0.494 e. The number of methoxy groups -OCH3 is 1. The van der Waals surface area contributed by atoms with E-state index in [2.05, 4.69) is 5.32 Å². The first-order valence-corrected chi connectivity index (χ1v) is 8.56. The van der Waals surface area contributed by atoms with Gasteiger partial charge in [0.05, 0.1) is 13.2 Å². The molecule has 2 rings (SSSR count). The maximum Gasteiger partial charge on any atom is 0.251 e. The highest BCUT2D eigenvalue weighted by molar-refractivity contribution is 7.84. The second-order valence-corrected chi connectivity index (χ2v) is 6.45. The fraction of sp³-hybridized carbons (Fsp3) is 0.235. The molecule has 0 fully saturated rings. The van der Waals surface area contributed by atoms with Gasteiger partial charge < -0.3 is 10.1 Å². The van der Waals surface area contributed by atoms with Crippen molar-refractivity contribution < 1.29 is 18.1 Å². The Morgan fingerprint density at radius 3 is 2.39 bits per heavy atom. The molecular formula is C17H18FNO3S. The molecule has 0 saturated carbocycles. The van der Waals surface area contributed by atoms with Gasteiger partial charge in [-0.15, -0.1) is 0 Å². The average molecular weight is 335 g/mol. The summed E-state index contributed by atoms with van der Waals surface area (Å²) in [7, 11) is 0.317. The van der Waals surface area contributed by atoms with E-state index >= 15 is 0 Å². The van der Waals surface area contributed by atoms with E-state index in [1.807, 2.05) is 0 Å². The maximum absolute atomic E-state index is 13.7. The predicted octanol–water partition coefficient (Wildman–Crippen LogP) is 3.06. The largest absolute Gasteiger partial charge is 0.494 e. The molecule has 23 heavy (non-hydrogen) atoms. The van der Waals surface area contributed by atoms with E-state index in [0.29, 0.717) is 16.0 Å². The molecule has 0 radical (unpaired) electrons. The van der Waals surface area contributed by atoms with Crippen molar-refractivity contribution in [1.82, 2.24) is 5.32 Å². The summed E-state index contributed by atoms with van der Waals surface area (Å²) in [5.41, 5.74) is 1.10. The molecule has 0 heterocycles. The summed E-state index contributed by atoms with van der Waals surface area (Å²) in [5.74, 6) is -0.585. The van der Waals surface area contributed by atoms with Crippen LogP contribution in [0.15, 0.2) is 47.4 Å². The van der Waals surface area contributed by atoms with Crippen molar-refractivity contribution in [2.45, 2.75) is 17.9 Å². The fourth-order valence-corrected chi connectivity index (χ4v) is 2.63. The highest BCUT2D eigenvalue weighted by Crippen LogP contribution is 2.22. The maximum atomic E-state index is 13.7. The summed E-state index contributed by atoms with van der Waals surface area (Å²) in [6.07, 6.45) is 1.58. The third kappa shape index (κ3) is 4.16. The van der Waals surface area contributed by atoms with Gasteiger partial charge in [0, 0.05) is 27.5 Å². The van der Waals surface area contributed by atoms with Crippen molar-refractivity contribution in [3.63, 3.8) is 0 Å². The predicted molar refractivity (Wildman–Crippen MR) is 87.6 cm³/mol. The summed E-state index contributed by atoms with van der Waals surface area (Å²) >= 11 is 0. The summed E-state index contributed by atoms with van der Waals surface area (Å²) in [6.45, 7) is 1.77. The SMILES string of the molecule is COc1ccc([C@@H](C)NC(=O)c2ccc([S@@](C)=O)cc2)cc1F. The Kier molecular flexibility index (Phi) is 5.50. The number of rotatable bonds is 5. The molecule has 0 unspecified atom stereocenters. The third-order valence-corrected chi connectivity index (χ3v) is 4.41. The van der Waals surface area contributed by atoms with Gasteiger partial charge in [0.15, 0.2) is 11.6 Å². The number of ether oxygens (including phenoxy) is 1. The Morgan fingerprint density at radius 2 is 1.87 bits per heavy atom. The molecule has 0 aliphatic heterocycles. The van der Waals surface area contributed by atoms with Crippen molar-refractivity contribution in [2.24, 2.45) is 0 Å². The van der Waals surface area contributed by atoms with Crippen molar-refractivity contribution >= 4 is 16.7 Å². The third-order valence-electron chi connectivity index (χ3n) is 3.47. The van der Waals surface area contributed by atoms with Crippen LogP contribution < -0.4 is 10.1 Å². The first kappa shape index (κ1) is 17.1. The van der Waals surface area contributed by atoms with Crippen LogP contribution in [0.2, 0.25) is 0 Å². The molecule has 1 amide bonds. The summed E-state index contributed by atoms with van der Waals surface area (Å²) < 4.78 is 29.9. The second-order valence-electron chi connectivity index (χ2n) is 5.07. The first-order valence-electron chi connectivity index (χ1n) is 7.00. The summed E-state index contributed by atoms with van der Waals surface area (Å²) in [6, 6.07) is 10.8. The van der Waals surface area contributed by atoms with E-state index in [-0.39, 0.29) is 17.7 Å². The molecule has 122 valence electrons. The van der Waals surface area contributed by atoms with Gasteiger partial charge in [0.2, 0.25) is 0 Å². The molecule has 0 saturated heterocycles. The van der Waals surface area contributed by atoms with Crippen LogP contribution in [0.5, 0.6) is 5.75 Å². The second kappa shape index (κ2) is 7.37. The van der Waals surface area contributed by atoms with Gasteiger partial charge in [0.25, 0.3) is 5.91 Å². The van der Waals surface area contributed by atoms with Crippen LogP contribution in [-0.2, 0) is 10.8 Å². The van der Waals surface area contributed by atoms with E-state index in [9.17, 15) is 13.4 Å². The van der Waals surface area contributed by atoms with Crippen LogP contribution in [-0.4, -0.2) is 23.5 Å². The molecule has 0 aromatic heterocycles. The number of halogens is 1. The molecule has 1 N–H and O–H groups in total. The number of carbonyl (C=O) groups excluding carboxylic acids is 1. The molecule has 0 aliphatic rings. The zero-order valence-electron chi connectivity index (χ0n) is 13.1. The highest BCUT2D eigenvalue weighted by atomic mass is 32.2. The zero-order chi connectivity index (χ0) is 17.0. The number of benzene rings is 2. The fourth-order valence-electron chi connectivity index (χ4n) is 2.11. The van der Waals surface area contributed by atoms with Gasteiger partial charge in [-0.3, -0.25) is 9.00 Å². The number of hydrogen-bond acceptors (Lipinski definition) is 3. The monoisotopic (exact) mass is 335 g/mol. The molecular weight excluding hydrogens is 317 g/mol. The van der Waals surface area contributed by atoms with Gasteiger partial charge in [-0.2, -0.15) is 0 Å². The quantitative estimate of drug-likeness (QED) is 0.914. The van der Waals surface area contributed by atoms with E-state index in [4.69, 9.17) is 4.74 Å². The van der Waals surface area contributed by atoms with Gasteiger partial charge in [-0.05, 0) is 48.9 Å². The molecule has 0 bridgehead atoms. The van der Waals surface area contributed by atoms with E-state index in [1.165, 1.54) is 19.2 Å². The Balaban J connectivity index is 2.09. The average Bonchev–Trinajstić information content (AvgIpc) is 2.54. The first-order chi connectivity index (χ1) is 10.9. The summed E-state index contributed by atoms with van der Waals surface area (Å²) in [4.78, 5) is 12.9.